The molecule has 0 aliphatic carbocycles. The molecule has 3 rings (SSSR count). The summed E-state index contributed by atoms with van der Waals surface area (Å²) < 4.78 is 10.9. The highest BCUT2D eigenvalue weighted by Gasteiger charge is 2.44. The minimum atomic E-state index is -1.51. The number of aliphatic hydroxyl groups is 4. The van der Waals surface area contributed by atoms with Crippen molar-refractivity contribution in [1.29, 1.82) is 0 Å². The lowest BCUT2D eigenvalue weighted by Crippen LogP contribution is -2.60. The van der Waals surface area contributed by atoms with E-state index in [-0.39, 0.29) is 6.42 Å². The van der Waals surface area contributed by atoms with Gasteiger partial charge in [-0.05, 0) is 28.5 Å². The van der Waals surface area contributed by atoms with Crippen LogP contribution in [-0.2, 0) is 16.0 Å². The van der Waals surface area contributed by atoms with Crippen LogP contribution in [0.2, 0.25) is 0 Å². The van der Waals surface area contributed by atoms with E-state index in [9.17, 15) is 25.2 Å². The third kappa shape index (κ3) is 3.79. The molecule has 0 radical (unpaired) electrons. The Hall–Kier alpha value is -2.23. The average Bonchev–Trinajstić information content (AvgIpc) is 2.61. The lowest BCUT2D eigenvalue weighted by Gasteiger charge is -2.39. The Morgan fingerprint density at radius 1 is 1.00 bits per heavy atom. The van der Waals surface area contributed by atoms with E-state index in [1.807, 2.05) is 0 Å². The Morgan fingerprint density at radius 2 is 1.69 bits per heavy atom. The Balaban J connectivity index is 1.79. The minimum Gasteiger partial charge on any atom is -0.481 e. The van der Waals surface area contributed by atoms with Gasteiger partial charge in [0, 0.05) is 0 Å². The number of benzene rings is 2. The van der Waals surface area contributed by atoms with Gasteiger partial charge in [0.1, 0.15) is 30.2 Å². The zero-order chi connectivity index (χ0) is 18.8. The van der Waals surface area contributed by atoms with Crippen LogP contribution in [0.3, 0.4) is 0 Å². The first kappa shape index (κ1) is 18.6. The zero-order valence-corrected chi connectivity index (χ0v) is 13.7. The van der Waals surface area contributed by atoms with Gasteiger partial charge in [-0.1, -0.05) is 24.3 Å². The molecule has 1 fully saturated rings. The van der Waals surface area contributed by atoms with Crippen LogP contribution in [0.1, 0.15) is 5.56 Å². The standard InChI is InChI=1S/C18H20O8/c19-8-13-15(22)16(23)17(24)18(26-13)25-12-4-3-10-5-9(6-14(20)21)1-2-11(10)7-12/h1-5,7,13,15-19,22-24H,6,8H2,(H,20,21)/t13-,15-,16+,17-,18-/m1/s1. The van der Waals surface area contributed by atoms with Crippen LogP contribution in [0.25, 0.3) is 10.8 Å². The van der Waals surface area contributed by atoms with Crippen molar-refractivity contribution in [3.05, 3.63) is 42.0 Å². The van der Waals surface area contributed by atoms with E-state index < -0.39 is 43.3 Å². The predicted molar refractivity (Wildman–Crippen MR) is 89.7 cm³/mol. The SMILES string of the molecule is O=C(O)Cc1ccc2cc(O[C@@H]3O[C@H](CO)[C@@H](O)[C@H](O)[C@H]3O)ccc2c1. The maximum absolute atomic E-state index is 10.8. The molecule has 26 heavy (non-hydrogen) atoms. The number of fused-ring (bicyclic) bond motifs is 1. The van der Waals surface area contributed by atoms with Gasteiger partial charge in [0.05, 0.1) is 13.0 Å². The number of carboxylic acids is 1. The first-order valence-corrected chi connectivity index (χ1v) is 8.10. The molecule has 5 N–H and O–H groups in total. The first-order chi connectivity index (χ1) is 12.4. The van der Waals surface area contributed by atoms with E-state index in [2.05, 4.69) is 0 Å². The van der Waals surface area contributed by atoms with Crippen LogP contribution in [0, 0.1) is 0 Å². The summed E-state index contributed by atoms with van der Waals surface area (Å²) in [5.41, 5.74) is 0.674. The normalized spacial score (nSPS) is 28.8. The largest absolute Gasteiger partial charge is 0.481 e. The predicted octanol–water partition coefficient (Wildman–Crippen LogP) is -0.354. The molecule has 1 heterocycles. The van der Waals surface area contributed by atoms with E-state index in [0.717, 1.165) is 10.8 Å². The second kappa shape index (κ2) is 7.56. The van der Waals surface area contributed by atoms with Gasteiger partial charge in [0.15, 0.2) is 0 Å². The summed E-state index contributed by atoms with van der Waals surface area (Å²) in [6.07, 6.45) is -6.81. The molecule has 1 aliphatic rings. The number of aliphatic carboxylic acids is 1. The Bertz CT molecular complexity index is 790. The van der Waals surface area contributed by atoms with Gasteiger partial charge in [-0.15, -0.1) is 0 Å². The third-order valence-electron chi connectivity index (χ3n) is 4.33. The molecule has 8 nitrogen and oxygen atoms in total. The zero-order valence-electron chi connectivity index (χ0n) is 13.7. The number of rotatable bonds is 5. The average molecular weight is 364 g/mol. The van der Waals surface area contributed by atoms with Gasteiger partial charge >= 0.3 is 5.97 Å². The van der Waals surface area contributed by atoms with Crippen LogP contribution in [0.15, 0.2) is 36.4 Å². The summed E-state index contributed by atoms with van der Waals surface area (Å²) in [6.45, 7) is -0.533. The number of carbonyl (C=O) groups is 1. The van der Waals surface area contributed by atoms with Crippen molar-refractivity contribution in [2.24, 2.45) is 0 Å². The number of hydrogen-bond acceptors (Lipinski definition) is 7. The highest BCUT2D eigenvalue weighted by atomic mass is 16.7. The smallest absolute Gasteiger partial charge is 0.307 e. The quantitative estimate of drug-likeness (QED) is 0.485. The van der Waals surface area contributed by atoms with Crippen LogP contribution < -0.4 is 4.74 Å². The molecular weight excluding hydrogens is 344 g/mol. The fraction of sp³-hybridized carbons (Fsp3) is 0.389. The maximum Gasteiger partial charge on any atom is 0.307 e. The van der Waals surface area contributed by atoms with Crippen LogP contribution in [0.5, 0.6) is 5.75 Å². The van der Waals surface area contributed by atoms with Crippen LogP contribution >= 0.6 is 0 Å². The van der Waals surface area contributed by atoms with Crippen molar-refractivity contribution >= 4 is 16.7 Å². The molecule has 2 aromatic carbocycles. The van der Waals surface area contributed by atoms with Gasteiger partial charge in [0.25, 0.3) is 0 Å². The summed E-state index contributed by atoms with van der Waals surface area (Å²) in [7, 11) is 0. The van der Waals surface area contributed by atoms with E-state index in [0.29, 0.717) is 11.3 Å². The summed E-state index contributed by atoms with van der Waals surface area (Å²) in [5, 5.41) is 49.3. The molecule has 5 atom stereocenters. The number of aliphatic hydroxyl groups excluding tert-OH is 4. The summed E-state index contributed by atoms with van der Waals surface area (Å²) >= 11 is 0. The van der Waals surface area contributed by atoms with Crippen molar-refractivity contribution in [2.75, 3.05) is 6.61 Å². The molecule has 1 saturated heterocycles. The third-order valence-corrected chi connectivity index (χ3v) is 4.33. The molecule has 0 spiro atoms. The highest BCUT2D eigenvalue weighted by Crippen LogP contribution is 2.27. The monoisotopic (exact) mass is 364 g/mol. The first-order valence-electron chi connectivity index (χ1n) is 8.10. The second-order valence-corrected chi connectivity index (χ2v) is 6.23. The molecule has 8 heteroatoms. The Morgan fingerprint density at radius 3 is 2.38 bits per heavy atom. The Labute approximate surface area is 148 Å². The topological polar surface area (TPSA) is 137 Å². The summed E-state index contributed by atoms with van der Waals surface area (Å²) in [5.74, 6) is -0.556. The van der Waals surface area contributed by atoms with Crippen molar-refractivity contribution in [2.45, 2.75) is 37.1 Å². The molecule has 1 aliphatic heterocycles. The number of ether oxygens (including phenoxy) is 2. The van der Waals surface area contributed by atoms with Gasteiger partial charge in [0.2, 0.25) is 6.29 Å². The van der Waals surface area contributed by atoms with Gasteiger partial charge in [-0.3, -0.25) is 4.79 Å². The fourth-order valence-corrected chi connectivity index (χ4v) is 2.93. The fourth-order valence-electron chi connectivity index (χ4n) is 2.93. The van der Waals surface area contributed by atoms with Crippen molar-refractivity contribution in [3.8, 4) is 5.75 Å². The molecule has 2 aromatic rings. The highest BCUT2D eigenvalue weighted by molar-refractivity contribution is 5.85. The maximum atomic E-state index is 10.8. The molecular formula is C18H20O8. The van der Waals surface area contributed by atoms with Gasteiger partial charge < -0.3 is 35.0 Å². The molecule has 0 aromatic heterocycles. The Kier molecular flexibility index (Phi) is 5.40. The van der Waals surface area contributed by atoms with Gasteiger partial charge in [-0.2, -0.15) is 0 Å². The lowest BCUT2D eigenvalue weighted by atomic mass is 9.99. The van der Waals surface area contributed by atoms with E-state index in [1.54, 1.807) is 36.4 Å². The number of hydrogen-bond donors (Lipinski definition) is 5. The number of carboxylic acid groups (broad SMARTS) is 1. The minimum absolute atomic E-state index is 0.0704. The van der Waals surface area contributed by atoms with Crippen molar-refractivity contribution < 1.29 is 39.8 Å². The second-order valence-electron chi connectivity index (χ2n) is 6.23. The van der Waals surface area contributed by atoms with Crippen LogP contribution in [0.4, 0.5) is 0 Å². The molecule has 0 amide bonds. The molecule has 0 unspecified atom stereocenters. The lowest BCUT2D eigenvalue weighted by molar-refractivity contribution is -0.277. The summed E-state index contributed by atoms with van der Waals surface area (Å²) in [6, 6.07) is 10.3. The van der Waals surface area contributed by atoms with E-state index in [4.69, 9.17) is 14.6 Å². The molecule has 0 saturated carbocycles. The molecule has 140 valence electrons. The van der Waals surface area contributed by atoms with Crippen LogP contribution in [-0.4, -0.2) is 68.8 Å². The van der Waals surface area contributed by atoms with Crippen molar-refractivity contribution in [3.63, 3.8) is 0 Å². The van der Waals surface area contributed by atoms with Gasteiger partial charge in [-0.25, -0.2) is 0 Å². The molecule has 0 bridgehead atoms. The van der Waals surface area contributed by atoms with E-state index >= 15 is 0 Å². The van der Waals surface area contributed by atoms with Crippen molar-refractivity contribution in [1.82, 2.24) is 0 Å². The van der Waals surface area contributed by atoms with E-state index in [1.165, 1.54) is 0 Å². The summed E-state index contributed by atoms with van der Waals surface area (Å²) in [4.78, 5) is 10.8.